The van der Waals surface area contributed by atoms with Crippen LogP contribution in [0.1, 0.15) is 6.42 Å². The lowest BCUT2D eigenvalue weighted by molar-refractivity contribution is -0.139. The summed E-state index contributed by atoms with van der Waals surface area (Å²) < 4.78 is 5.51. The first-order valence-electron chi connectivity index (χ1n) is 7.81. The summed E-state index contributed by atoms with van der Waals surface area (Å²) in [6.45, 7) is 0.590. The molecule has 3 rings (SSSR count). The number of pyridine rings is 1. The summed E-state index contributed by atoms with van der Waals surface area (Å²) in [5.74, 6) is -1.25. The highest BCUT2D eigenvalue weighted by atomic mass is 16.5. The van der Waals surface area contributed by atoms with Crippen LogP contribution in [0, 0.1) is 0 Å². The van der Waals surface area contributed by atoms with Gasteiger partial charge in [-0.2, -0.15) is 0 Å². The number of carboxylic acid groups (broad SMARTS) is 1. The minimum Gasteiger partial charge on any atom is -0.488 e. The standard InChI is InChI=1S/C17H16N4O5/c22-14(9-15(23)24)19-12-8-13-16(18-10-12)21(6-7-26-13)17(25)20-11-4-2-1-3-5-11/h1-5,8,10H,6-7,9H2,(H,19,22)(H,20,25)(H,23,24). The number of fused-ring (bicyclic) bond motifs is 1. The molecule has 0 fully saturated rings. The van der Waals surface area contributed by atoms with Crippen LogP contribution in [0.5, 0.6) is 5.75 Å². The van der Waals surface area contributed by atoms with E-state index in [-0.39, 0.29) is 12.6 Å². The monoisotopic (exact) mass is 356 g/mol. The number of nitrogens with one attached hydrogen (secondary N) is 2. The largest absolute Gasteiger partial charge is 0.488 e. The molecular formula is C17H16N4O5. The maximum absolute atomic E-state index is 12.5. The van der Waals surface area contributed by atoms with Gasteiger partial charge in [0.05, 0.1) is 18.4 Å². The van der Waals surface area contributed by atoms with Crippen LogP contribution in [-0.4, -0.2) is 41.1 Å². The zero-order valence-corrected chi connectivity index (χ0v) is 13.6. The number of nitrogens with zero attached hydrogens (tertiary/aromatic N) is 2. The van der Waals surface area contributed by atoms with Crippen LogP contribution < -0.4 is 20.3 Å². The van der Waals surface area contributed by atoms with Gasteiger partial charge >= 0.3 is 12.0 Å². The van der Waals surface area contributed by atoms with Crippen LogP contribution in [0.4, 0.5) is 22.0 Å². The van der Waals surface area contributed by atoms with Crippen molar-refractivity contribution in [3.8, 4) is 5.75 Å². The predicted octanol–water partition coefficient (Wildman–Crippen LogP) is 1.93. The van der Waals surface area contributed by atoms with E-state index in [0.29, 0.717) is 29.5 Å². The molecule has 9 heteroatoms. The summed E-state index contributed by atoms with van der Waals surface area (Å²) in [5, 5.41) is 13.8. The molecule has 26 heavy (non-hydrogen) atoms. The number of aromatic nitrogens is 1. The highest BCUT2D eigenvalue weighted by Crippen LogP contribution is 2.32. The van der Waals surface area contributed by atoms with Crippen LogP contribution in [0.25, 0.3) is 0 Å². The third-order valence-electron chi connectivity index (χ3n) is 3.53. The van der Waals surface area contributed by atoms with E-state index in [2.05, 4.69) is 15.6 Å². The van der Waals surface area contributed by atoms with Gasteiger partial charge in [0.25, 0.3) is 0 Å². The average molecular weight is 356 g/mol. The van der Waals surface area contributed by atoms with Crippen LogP contribution in [0.3, 0.4) is 0 Å². The van der Waals surface area contributed by atoms with Crippen molar-refractivity contribution in [3.63, 3.8) is 0 Å². The topological polar surface area (TPSA) is 121 Å². The molecule has 2 aromatic rings. The van der Waals surface area contributed by atoms with E-state index in [4.69, 9.17) is 9.84 Å². The number of hydrogen-bond acceptors (Lipinski definition) is 5. The van der Waals surface area contributed by atoms with Crippen LogP contribution in [0.15, 0.2) is 42.6 Å². The lowest BCUT2D eigenvalue weighted by Gasteiger charge is -2.28. The molecule has 0 saturated heterocycles. The maximum Gasteiger partial charge on any atom is 0.327 e. The number of rotatable bonds is 4. The second kappa shape index (κ2) is 7.51. The number of aliphatic carboxylic acids is 1. The van der Waals surface area contributed by atoms with Gasteiger partial charge in [-0.05, 0) is 12.1 Å². The minimum absolute atomic E-state index is 0.267. The summed E-state index contributed by atoms with van der Waals surface area (Å²) in [7, 11) is 0. The average Bonchev–Trinajstić information content (AvgIpc) is 2.61. The summed E-state index contributed by atoms with van der Waals surface area (Å²) in [6, 6.07) is 10.2. The fraction of sp³-hybridized carbons (Fsp3) is 0.176. The predicted molar refractivity (Wildman–Crippen MR) is 93.4 cm³/mol. The third kappa shape index (κ3) is 4.07. The van der Waals surface area contributed by atoms with Crippen molar-refractivity contribution in [2.24, 2.45) is 0 Å². The van der Waals surface area contributed by atoms with Crippen molar-refractivity contribution in [2.75, 3.05) is 28.7 Å². The second-order valence-corrected chi connectivity index (χ2v) is 5.46. The molecule has 0 saturated carbocycles. The van der Waals surface area contributed by atoms with Gasteiger partial charge in [0.1, 0.15) is 13.0 Å². The van der Waals surface area contributed by atoms with Gasteiger partial charge in [-0.1, -0.05) is 18.2 Å². The molecule has 0 radical (unpaired) electrons. The number of amides is 3. The number of para-hydroxylation sites is 1. The van der Waals surface area contributed by atoms with Gasteiger partial charge in [0.15, 0.2) is 11.6 Å². The van der Waals surface area contributed by atoms with E-state index >= 15 is 0 Å². The van der Waals surface area contributed by atoms with Gasteiger partial charge in [-0.15, -0.1) is 0 Å². The molecule has 1 aromatic carbocycles. The first-order valence-corrected chi connectivity index (χ1v) is 7.81. The molecule has 134 valence electrons. The van der Waals surface area contributed by atoms with Crippen molar-refractivity contribution >= 4 is 35.1 Å². The Labute approximate surface area is 148 Å². The van der Waals surface area contributed by atoms with Gasteiger partial charge in [0.2, 0.25) is 5.91 Å². The molecule has 0 bridgehead atoms. The highest BCUT2D eigenvalue weighted by molar-refractivity contribution is 6.03. The molecule has 3 N–H and O–H groups in total. The molecular weight excluding hydrogens is 340 g/mol. The van der Waals surface area contributed by atoms with Crippen molar-refractivity contribution in [1.82, 2.24) is 4.98 Å². The summed E-state index contributed by atoms with van der Waals surface area (Å²) in [6.07, 6.45) is 0.694. The smallest absolute Gasteiger partial charge is 0.327 e. The Morgan fingerprint density at radius 3 is 2.65 bits per heavy atom. The quantitative estimate of drug-likeness (QED) is 0.720. The zero-order valence-electron chi connectivity index (χ0n) is 13.6. The highest BCUT2D eigenvalue weighted by Gasteiger charge is 2.26. The van der Waals surface area contributed by atoms with Gasteiger partial charge in [0, 0.05) is 11.8 Å². The van der Waals surface area contributed by atoms with Crippen molar-refractivity contribution in [1.29, 1.82) is 0 Å². The SMILES string of the molecule is O=C(O)CC(=O)Nc1cnc2c(c1)OCCN2C(=O)Nc1ccccc1. The minimum atomic E-state index is -1.23. The second-order valence-electron chi connectivity index (χ2n) is 5.46. The molecule has 1 aromatic heterocycles. The van der Waals surface area contributed by atoms with Crippen LogP contribution >= 0.6 is 0 Å². The number of carbonyl (C=O) groups excluding carboxylic acids is 2. The first kappa shape index (κ1) is 17.2. The fourth-order valence-electron chi connectivity index (χ4n) is 2.42. The number of benzene rings is 1. The summed E-state index contributed by atoms with van der Waals surface area (Å²) in [4.78, 5) is 40.2. The first-order chi connectivity index (χ1) is 12.5. The Morgan fingerprint density at radius 1 is 1.15 bits per heavy atom. The number of carboxylic acids is 1. The Morgan fingerprint density at radius 2 is 1.92 bits per heavy atom. The molecule has 0 aliphatic carbocycles. The van der Waals surface area contributed by atoms with Crippen molar-refractivity contribution < 1.29 is 24.2 Å². The molecule has 1 aliphatic rings. The Bertz CT molecular complexity index is 840. The molecule has 0 unspecified atom stereocenters. The van der Waals surface area contributed by atoms with Crippen molar-refractivity contribution in [3.05, 3.63) is 42.6 Å². The number of carbonyl (C=O) groups is 3. The Balaban J connectivity index is 1.74. The number of ether oxygens (including phenoxy) is 1. The van der Waals surface area contributed by atoms with Crippen molar-refractivity contribution in [2.45, 2.75) is 6.42 Å². The lowest BCUT2D eigenvalue weighted by atomic mass is 10.3. The van der Waals surface area contributed by atoms with Gasteiger partial charge in [-0.25, -0.2) is 9.78 Å². The Hall–Kier alpha value is -3.62. The molecule has 3 amide bonds. The van der Waals surface area contributed by atoms with Crippen LogP contribution in [0.2, 0.25) is 0 Å². The van der Waals surface area contributed by atoms with Crippen LogP contribution in [-0.2, 0) is 9.59 Å². The molecule has 2 heterocycles. The molecule has 0 atom stereocenters. The van der Waals surface area contributed by atoms with Gasteiger partial charge < -0.3 is 20.5 Å². The normalized spacial score (nSPS) is 12.5. The Kier molecular flexibility index (Phi) is 4.97. The fourth-order valence-corrected chi connectivity index (χ4v) is 2.42. The molecule has 9 nitrogen and oxygen atoms in total. The van der Waals surface area contributed by atoms with Gasteiger partial charge in [-0.3, -0.25) is 14.5 Å². The lowest BCUT2D eigenvalue weighted by Crippen LogP contribution is -2.41. The maximum atomic E-state index is 12.5. The molecule has 0 spiro atoms. The summed E-state index contributed by atoms with van der Waals surface area (Å²) >= 11 is 0. The van der Waals surface area contributed by atoms with E-state index in [1.165, 1.54) is 17.2 Å². The number of hydrogen-bond donors (Lipinski definition) is 3. The summed E-state index contributed by atoms with van der Waals surface area (Å²) in [5.41, 5.74) is 0.948. The third-order valence-corrected chi connectivity index (χ3v) is 3.53. The van der Waals surface area contributed by atoms with E-state index in [9.17, 15) is 14.4 Å². The molecule has 1 aliphatic heterocycles. The van der Waals surface area contributed by atoms with E-state index in [0.717, 1.165) is 0 Å². The van der Waals surface area contributed by atoms with E-state index in [1.807, 2.05) is 18.2 Å². The number of anilines is 3. The zero-order chi connectivity index (χ0) is 18.5. The van der Waals surface area contributed by atoms with E-state index in [1.54, 1.807) is 12.1 Å². The number of urea groups is 1. The van der Waals surface area contributed by atoms with E-state index < -0.39 is 18.3 Å².